The zero-order chi connectivity index (χ0) is 18.3. The van der Waals surface area contributed by atoms with Crippen LogP contribution >= 0.6 is 12.4 Å². The maximum atomic E-state index is 12.3. The van der Waals surface area contributed by atoms with E-state index in [1.807, 2.05) is 18.9 Å². The third kappa shape index (κ3) is 6.12. The number of hydrogen-bond donors (Lipinski definition) is 2. The van der Waals surface area contributed by atoms with Crippen molar-refractivity contribution in [1.29, 1.82) is 0 Å². The summed E-state index contributed by atoms with van der Waals surface area (Å²) in [6, 6.07) is 6.45. The summed E-state index contributed by atoms with van der Waals surface area (Å²) in [4.78, 5) is 14.3. The maximum absolute atomic E-state index is 12.3. The molecule has 1 heterocycles. The Morgan fingerprint density at radius 2 is 2.00 bits per heavy atom. The van der Waals surface area contributed by atoms with Crippen molar-refractivity contribution in [3.63, 3.8) is 0 Å². The van der Waals surface area contributed by atoms with Gasteiger partial charge in [0.05, 0.1) is 11.5 Å². The van der Waals surface area contributed by atoms with E-state index in [2.05, 4.69) is 10.0 Å². The van der Waals surface area contributed by atoms with E-state index in [-0.39, 0.29) is 42.2 Å². The predicted molar refractivity (Wildman–Crippen MR) is 103 cm³/mol. The summed E-state index contributed by atoms with van der Waals surface area (Å²) in [6.45, 7) is 4.00. The zero-order valence-electron chi connectivity index (χ0n) is 15.2. The van der Waals surface area contributed by atoms with Crippen molar-refractivity contribution in [2.24, 2.45) is 0 Å². The van der Waals surface area contributed by atoms with Crippen LogP contribution in [0.4, 0.5) is 0 Å². The molecule has 0 radical (unpaired) electrons. The van der Waals surface area contributed by atoms with Crippen LogP contribution in [0.25, 0.3) is 0 Å². The number of benzene rings is 1. The Labute approximate surface area is 161 Å². The van der Waals surface area contributed by atoms with Crippen molar-refractivity contribution in [2.45, 2.75) is 37.1 Å². The number of likely N-dealkylation sites (N-methyl/N-ethyl adjacent to an activating group) is 1. The molecule has 0 aromatic heterocycles. The van der Waals surface area contributed by atoms with Crippen molar-refractivity contribution in [3.8, 4) is 5.75 Å². The molecular formula is C17H28ClN3O4S. The van der Waals surface area contributed by atoms with E-state index in [1.54, 1.807) is 12.1 Å². The van der Waals surface area contributed by atoms with E-state index >= 15 is 0 Å². The molecule has 1 aromatic carbocycles. The Kier molecular flexibility index (Phi) is 9.35. The summed E-state index contributed by atoms with van der Waals surface area (Å²) in [7, 11) is -1.76. The number of hydrogen-bond acceptors (Lipinski definition) is 5. The van der Waals surface area contributed by atoms with Crippen LogP contribution in [0, 0.1) is 0 Å². The smallest absolute Gasteiger partial charge is 0.240 e. The molecule has 1 saturated heterocycles. The number of halogens is 1. The molecule has 2 rings (SSSR count). The molecule has 148 valence electrons. The van der Waals surface area contributed by atoms with Crippen LogP contribution in [0.5, 0.6) is 5.75 Å². The van der Waals surface area contributed by atoms with Crippen LogP contribution in [0.3, 0.4) is 0 Å². The number of nitrogens with zero attached hydrogens (tertiary/aromatic N) is 1. The number of carbonyl (C=O) groups excluding carboxylic acids is 1. The zero-order valence-corrected chi connectivity index (χ0v) is 16.9. The lowest BCUT2D eigenvalue weighted by Gasteiger charge is -2.24. The first-order valence-corrected chi connectivity index (χ1v) is 10.1. The lowest BCUT2D eigenvalue weighted by molar-refractivity contribution is -0.131. The van der Waals surface area contributed by atoms with Crippen molar-refractivity contribution < 1.29 is 17.9 Å². The predicted octanol–water partition coefficient (Wildman–Crippen LogP) is 1.39. The van der Waals surface area contributed by atoms with E-state index in [4.69, 9.17) is 4.74 Å². The average Bonchev–Trinajstić information content (AvgIpc) is 3.04. The number of likely N-dealkylation sites (tertiary alicyclic amines) is 1. The highest BCUT2D eigenvalue weighted by Gasteiger charge is 2.27. The molecule has 1 aliphatic heterocycles. The minimum atomic E-state index is -3.62. The summed E-state index contributed by atoms with van der Waals surface area (Å²) in [5, 5.41) is 3.09. The van der Waals surface area contributed by atoms with E-state index in [0.717, 1.165) is 25.9 Å². The Bertz CT molecular complexity index is 667. The molecule has 0 aliphatic carbocycles. The Hall–Kier alpha value is -1.35. The molecule has 1 amide bonds. The fourth-order valence-corrected chi connectivity index (χ4v) is 4.04. The van der Waals surface area contributed by atoms with Gasteiger partial charge in [-0.05, 0) is 51.1 Å². The van der Waals surface area contributed by atoms with Gasteiger partial charge in [-0.2, -0.15) is 0 Å². The van der Waals surface area contributed by atoms with E-state index in [9.17, 15) is 13.2 Å². The molecule has 9 heteroatoms. The normalized spacial score (nSPS) is 17.0. The molecule has 1 atom stereocenters. The fourth-order valence-electron chi connectivity index (χ4n) is 3.01. The molecule has 7 nitrogen and oxygen atoms in total. The highest BCUT2D eigenvalue weighted by molar-refractivity contribution is 7.89. The summed E-state index contributed by atoms with van der Waals surface area (Å²) in [6.07, 6.45) is 2.15. The van der Waals surface area contributed by atoms with Crippen molar-refractivity contribution >= 4 is 28.3 Å². The molecule has 0 saturated carbocycles. The monoisotopic (exact) mass is 405 g/mol. The van der Waals surface area contributed by atoms with Gasteiger partial charge in [0.25, 0.3) is 0 Å². The van der Waals surface area contributed by atoms with E-state index in [0.29, 0.717) is 12.4 Å². The number of carbonyl (C=O) groups is 1. The lowest BCUT2D eigenvalue weighted by atomic mass is 10.2. The van der Waals surface area contributed by atoms with Crippen LogP contribution in [0.2, 0.25) is 0 Å². The number of rotatable bonds is 9. The number of amides is 1. The standard InChI is InChI=1S/C17H27N3O4S.ClH/c1-3-24-15-6-8-16(9-7-15)25(22,23)19-11-10-17(21)20-12-4-5-14(20)13-18-2;/h6-9,14,18-19H,3-5,10-13H2,1-2H3;1H. The van der Waals surface area contributed by atoms with Gasteiger partial charge in [0.2, 0.25) is 15.9 Å². The average molecular weight is 406 g/mol. The molecular weight excluding hydrogens is 378 g/mol. The quantitative estimate of drug-likeness (QED) is 0.648. The molecule has 1 fully saturated rings. The fraction of sp³-hybridized carbons (Fsp3) is 0.588. The lowest BCUT2D eigenvalue weighted by Crippen LogP contribution is -2.42. The SMILES string of the molecule is CCOc1ccc(S(=O)(=O)NCCC(=O)N2CCCC2CNC)cc1.Cl. The van der Waals surface area contributed by atoms with Gasteiger partial charge in [-0.15, -0.1) is 12.4 Å². The van der Waals surface area contributed by atoms with Crippen LogP contribution in [0.1, 0.15) is 26.2 Å². The Morgan fingerprint density at radius 1 is 1.31 bits per heavy atom. The number of ether oxygens (including phenoxy) is 1. The summed E-state index contributed by atoms with van der Waals surface area (Å²) >= 11 is 0. The first-order valence-electron chi connectivity index (χ1n) is 8.64. The van der Waals surface area contributed by atoms with E-state index in [1.165, 1.54) is 12.1 Å². The second kappa shape index (κ2) is 10.7. The molecule has 0 bridgehead atoms. The van der Waals surface area contributed by atoms with Gasteiger partial charge < -0.3 is 15.0 Å². The van der Waals surface area contributed by atoms with Gasteiger partial charge in [0.15, 0.2) is 0 Å². The molecule has 1 unspecified atom stereocenters. The van der Waals surface area contributed by atoms with Crippen molar-refractivity contribution in [1.82, 2.24) is 14.9 Å². The summed E-state index contributed by atoms with van der Waals surface area (Å²) < 4.78 is 32.4. The van der Waals surface area contributed by atoms with Gasteiger partial charge in [-0.25, -0.2) is 13.1 Å². The van der Waals surface area contributed by atoms with Crippen LogP contribution in [-0.2, 0) is 14.8 Å². The van der Waals surface area contributed by atoms with Gasteiger partial charge >= 0.3 is 0 Å². The topological polar surface area (TPSA) is 87.7 Å². The summed E-state index contributed by atoms with van der Waals surface area (Å²) in [5.41, 5.74) is 0. The number of sulfonamides is 1. The van der Waals surface area contributed by atoms with Gasteiger partial charge in [-0.1, -0.05) is 0 Å². The first-order chi connectivity index (χ1) is 12.0. The third-order valence-corrected chi connectivity index (χ3v) is 5.69. The molecule has 0 spiro atoms. The van der Waals surface area contributed by atoms with Crippen molar-refractivity contribution in [3.05, 3.63) is 24.3 Å². The Balaban J connectivity index is 0.00000338. The minimum absolute atomic E-state index is 0. The van der Waals surface area contributed by atoms with Gasteiger partial charge in [0.1, 0.15) is 5.75 Å². The van der Waals surface area contributed by atoms with Gasteiger partial charge in [0, 0.05) is 32.1 Å². The largest absolute Gasteiger partial charge is 0.494 e. The third-order valence-electron chi connectivity index (χ3n) is 4.21. The number of nitrogens with one attached hydrogen (secondary N) is 2. The highest BCUT2D eigenvalue weighted by Crippen LogP contribution is 2.18. The molecule has 2 N–H and O–H groups in total. The minimum Gasteiger partial charge on any atom is -0.494 e. The van der Waals surface area contributed by atoms with Gasteiger partial charge in [-0.3, -0.25) is 4.79 Å². The Morgan fingerprint density at radius 3 is 2.62 bits per heavy atom. The van der Waals surface area contributed by atoms with Crippen LogP contribution in [-0.4, -0.2) is 58.6 Å². The first kappa shape index (κ1) is 22.7. The molecule has 26 heavy (non-hydrogen) atoms. The second-order valence-electron chi connectivity index (χ2n) is 5.99. The molecule has 1 aromatic rings. The van der Waals surface area contributed by atoms with E-state index < -0.39 is 10.0 Å². The highest BCUT2D eigenvalue weighted by atomic mass is 35.5. The second-order valence-corrected chi connectivity index (χ2v) is 7.76. The van der Waals surface area contributed by atoms with Crippen LogP contribution < -0.4 is 14.8 Å². The van der Waals surface area contributed by atoms with Crippen molar-refractivity contribution in [2.75, 3.05) is 33.3 Å². The summed E-state index contributed by atoms with van der Waals surface area (Å²) in [5.74, 6) is 0.619. The van der Waals surface area contributed by atoms with Crippen LogP contribution in [0.15, 0.2) is 29.2 Å². The molecule has 1 aliphatic rings. The maximum Gasteiger partial charge on any atom is 0.240 e.